The second-order valence-electron chi connectivity index (χ2n) is 4.83. The topological polar surface area (TPSA) is 85.3 Å². The lowest BCUT2D eigenvalue weighted by Gasteiger charge is -2.20. The van der Waals surface area contributed by atoms with Crippen LogP contribution in [0, 0.1) is 0 Å². The number of benzene rings is 1. The number of carbonyl (C=O) groups is 2. The molecule has 0 aliphatic carbocycles. The number of carboxylic acids is 1. The minimum Gasteiger partial charge on any atom is -0.490 e. The first-order valence-corrected chi connectivity index (χ1v) is 7.01. The molecular formula is C15H19NO6. The van der Waals surface area contributed by atoms with Crippen molar-refractivity contribution in [2.45, 2.75) is 6.42 Å². The van der Waals surface area contributed by atoms with E-state index >= 15 is 0 Å². The maximum atomic E-state index is 12.5. The summed E-state index contributed by atoms with van der Waals surface area (Å²) in [5, 5.41) is 8.93. The number of methoxy groups -OCH3 is 1. The highest BCUT2D eigenvalue weighted by Gasteiger charge is 2.20. The third-order valence-corrected chi connectivity index (χ3v) is 3.17. The van der Waals surface area contributed by atoms with Gasteiger partial charge in [-0.1, -0.05) is 0 Å². The first-order chi connectivity index (χ1) is 10.6. The molecule has 0 fully saturated rings. The molecule has 1 aromatic carbocycles. The summed E-state index contributed by atoms with van der Waals surface area (Å²) in [4.78, 5) is 24.6. The summed E-state index contributed by atoms with van der Waals surface area (Å²) in [7, 11) is 1.50. The molecule has 1 aliphatic rings. The van der Waals surface area contributed by atoms with Gasteiger partial charge in [0.1, 0.15) is 6.54 Å². The fraction of sp³-hybridized carbons (Fsp3) is 0.467. The largest absolute Gasteiger partial charge is 0.490 e. The van der Waals surface area contributed by atoms with Crippen LogP contribution in [0.3, 0.4) is 0 Å². The maximum Gasteiger partial charge on any atom is 0.323 e. The van der Waals surface area contributed by atoms with Crippen LogP contribution in [0.5, 0.6) is 11.5 Å². The van der Waals surface area contributed by atoms with Crippen molar-refractivity contribution in [3.63, 3.8) is 0 Å². The van der Waals surface area contributed by atoms with Gasteiger partial charge < -0.3 is 24.2 Å². The van der Waals surface area contributed by atoms with E-state index in [4.69, 9.17) is 19.3 Å². The van der Waals surface area contributed by atoms with Crippen LogP contribution in [0.15, 0.2) is 18.2 Å². The van der Waals surface area contributed by atoms with Gasteiger partial charge in [0.15, 0.2) is 11.5 Å². The van der Waals surface area contributed by atoms with E-state index in [1.165, 1.54) is 12.0 Å². The number of ether oxygens (including phenoxy) is 3. The third kappa shape index (κ3) is 4.11. The van der Waals surface area contributed by atoms with Crippen molar-refractivity contribution < 1.29 is 28.9 Å². The van der Waals surface area contributed by atoms with Gasteiger partial charge in [-0.2, -0.15) is 0 Å². The van der Waals surface area contributed by atoms with Crippen molar-refractivity contribution >= 4 is 11.9 Å². The van der Waals surface area contributed by atoms with Gasteiger partial charge in [-0.15, -0.1) is 0 Å². The number of aliphatic carboxylic acids is 1. The van der Waals surface area contributed by atoms with Gasteiger partial charge in [0, 0.05) is 25.6 Å². The van der Waals surface area contributed by atoms with Crippen molar-refractivity contribution in [3.8, 4) is 11.5 Å². The van der Waals surface area contributed by atoms with Gasteiger partial charge in [0.05, 0.1) is 19.8 Å². The Bertz CT molecular complexity index is 545. The summed E-state index contributed by atoms with van der Waals surface area (Å²) in [5.74, 6) is -0.352. The first-order valence-electron chi connectivity index (χ1n) is 7.01. The molecule has 7 nitrogen and oxygen atoms in total. The highest BCUT2D eigenvalue weighted by Crippen LogP contribution is 2.30. The number of nitrogens with zero attached hydrogens (tertiary/aromatic N) is 1. The van der Waals surface area contributed by atoms with E-state index in [-0.39, 0.29) is 25.6 Å². The fourth-order valence-corrected chi connectivity index (χ4v) is 2.10. The average Bonchev–Trinajstić information content (AvgIpc) is 2.74. The zero-order valence-corrected chi connectivity index (χ0v) is 12.4. The highest BCUT2D eigenvalue weighted by atomic mass is 16.5. The Hall–Kier alpha value is -2.28. The smallest absolute Gasteiger partial charge is 0.323 e. The van der Waals surface area contributed by atoms with Crippen LogP contribution in [0.2, 0.25) is 0 Å². The summed E-state index contributed by atoms with van der Waals surface area (Å²) in [5.41, 5.74) is 0.363. The summed E-state index contributed by atoms with van der Waals surface area (Å²) in [6.45, 7) is 1.18. The maximum absolute atomic E-state index is 12.5. The Morgan fingerprint density at radius 1 is 1.27 bits per heavy atom. The molecule has 0 saturated heterocycles. The molecule has 0 spiro atoms. The minimum atomic E-state index is -1.07. The number of carbonyl (C=O) groups excluding carboxylic acids is 1. The monoisotopic (exact) mass is 309 g/mol. The Kier molecular flexibility index (Phi) is 5.60. The van der Waals surface area contributed by atoms with Gasteiger partial charge >= 0.3 is 5.97 Å². The molecule has 7 heteroatoms. The molecule has 1 N–H and O–H groups in total. The van der Waals surface area contributed by atoms with Gasteiger partial charge in [0.2, 0.25) is 0 Å². The van der Waals surface area contributed by atoms with Crippen LogP contribution in [0.25, 0.3) is 0 Å². The summed E-state index contributed by atoms with van der Waals surface area (Å²) in [6, 6.07) is 4.87. The van der Waals surface area contributed by atoms with Gasteiger partial charge in [-0.3, -0.25) is 9.59 Å². The first kappa shape index (κ1) is 16.1. The van der Waals surface area contributed by atoms with Crippen molar-refractivity contribution in [2.24, 2.45) is 0 Å². The molecule has 0 atom stereocenters. The van der Waals surface area contributed by atoms with Crippen molar-refractivity contribution in [1.82, 2.24) is 4.90 Å². The molecule has 2 rings (SSSR count). The molecule has 0 saturated carbocycles. The van der Waals surface area contributed by atoms with Crippen LogP contribution >= 0.6 is 0 Å². The van der Waals surface area contributed by atoms with Crippen molar-refractivity contribution in [3.05, 3.63) is 23.8 Å². The Balaban J connectivity index is 2.18. The van der Waals surface area contributed by atoms with E-state index in [0.29, 0.717) is 30.3 Å². The Morgan fingerprint density at radius 2 is 2.00 bits per heavy atom. The number of hydrogen-bond donors (Lipinski definition) is 1. The van der Waals surface area contributed by atoms with Crippen molar-refractivity contribution in [1.29, 1.82) is 0 Å². The van der Waals surface area contributed by atoms with E-state index in [0.717, 1.165) is 6.42 Å². The normalized spacial score (nSPS) is 13.3. The second-order valence-corrected chi connectivity index (χ2v) is 4.83. The molecule has 1 aliphatic heterocycles. The van der Waals surface area contributed by atoms with Crippen molar-refractivity contribution in [2.75, 3.05) is 40.0 Å². The SMILES string of the molecule is COCCN(CC(=O)O)C(=O)c1ccc2c(c1)OCCCO2. The Morgan fingerprint density at radius 3 is 2.68 bits per heavy atom. The third-order valence-electron chi connectivity index (χ3n) is 3.17. The number of hydrogen-bond acceptors (Lipinski definition) is 5. The van der Waals surface area contributed by atoms with Crippen LogP contribution in [0.4, 0.5) is 0 Å². The molecule has 120 valence electrons. The predicted octanol–water partition coefficient (Wildman–Crippen LogP) is 1.02. The summed E-state index contributed by atoms with van der Waals surface area (Å²) >= 11 is 0. The summed E-state index contributed by atoms with van der Waals surface area (Å²) < 4.78 is 16.0. The van der Waals surface area contributed by atoms with Gasteiger partial charge in [-0.05, 0) is 18.2 Å². The number of amides is 1. The molecule has 22 heavy (non-hydrogen) atoms. The van der Waals surface area contributed by atoms with Gasteiger partial charge in [0.25, 0.3) is 5.91 Å². The quantitative estimate of drug-likeness (QED) is 0.844. The lowest BCUT2D eigenvalue weighted by molar-refractivity contribution is -0.137. The number of carboxylic acid groups (broad SMARTS) is 1. The molecule has 0 bridgehead atoms. The second kappa shape index (κ2) is 7.65. The standard InChI is InChI=1S/C15H19NO6/c1-20-8-5-16(10-14(17)18)15(19)11-3-4-12-13(9-11)22-7-2-6-21-12/h3-4,9H,2,5-8,10H2,1H3,(H,17,18). The van der Waals surface area contributed by atoms with Crippen LogP contribution in [0.1, 0.15) is 16.8 Å². The lowest BCUT2D eigenvalue weighted by Crippen LogP contribution is -2.38. The zero-order valence-electron chi connectivity index (χ0n) is 12.4. The molecule has 1 heterocycles. The van der Waals surface area contributed by atoms with E-state index in [9.17, 15) is 9.59 Å². The Labute approximate surface area is 128 Å². The molecule has 1 amide bonds. The molecule has 0 unspecified atom stereocenters. The molecule has 0 radical (unpaired) electrons. The zero-order chi connectivity index (χ0) is 15.9. The number of fused-ring (bicyclic) bond motifs is 1. The average molecular weight is 309 g/mol. The van der Waals surface area contributed by atoms with Crippen LogP contribution in [-0.2, 0) is 9.53 Å². The molecular weight excluding hydrogens is 290 g/mol. The lowest BCUT2D eigenvalue weighted by atomic mass is 10.1. The summed E-state index contributed by atoms with van der Waals surface area (Å²) in [6.07, 6.45) is 0.775. The highest BCUT2D eigenvalue weighted by molar-refractivity contribution is 5.96. The van der Waals surface area contributed by atoms with Crippen LogP contribution < -0.4 is 9.47 Å². The molecule has 0 aromatic heterocycles. The fourth-order valence-electron chi connectivity index (χ4n) is 2.10. The van der Waals surface area contributed by atoms with Gasteiger partial charge in [-0.25, -0.2) is 0 Å². The minimum absolute atomic E-state index is 0.204. The van der Waals surface area contributed by atoms with E-state index < -0.39 is 5.97 Å². The van der Waals surface area contributed by atoms with E-state index in [1.807, 2.05) is 0 Å². The van der Waals surface area contributed by atoms with E-state index in [1.54, 1.807) is 18.2 Å². The molecule has 1 aromatic rings. The van der Waals surface area contributed by atoms with Crippen LogP contribution in [-0.4, -0.2) is 61.9 Å². The van der Waals surface area contributed by atoms with E-state index in [2.05, 4.69) is 0 Å². The number of rotatable bonds is 6. The predicted molar refractivity (Wildman–Crippen MR) is 77.5 cm³/mol.